The van der Waals surface area contributed by atoms with Crippen molar-refractivity contribution in [1.29, 1.82) is 0 Å². The number of thiophene rings is 1. The van der Waals surface area contributed by atoms with E-state index in [0.717, 1.165) is 17.7 Å². The Morgan fingerprint density at radius 2 is 1.91 bits per heavy atom. The van der Waals surface area contributed by atoms with E-state index in [4.69, 9.17) is 9.47 Å². The Morgan fingerprint density at radius 1 is 1.26 bits per heavy atom. The Hall–Kier alpha value is -1.56. The van der Waals surface area contributed by atoms with Crippen LogP contribution in [0.15, 0.2) is 12.1 Å². The Labute approximate surface area is 141 Å². The zero-order valence-electron chi connectivity index (χ0n) is 14.3. The summed E-state index contributed by atoms with van der Waals surface area (Å²) in [7, 11) is 0. The lowest BCUT2D eigenvalue weighted by Crippen LogP contribution is -2.42. The maximum absolute atomic E-state index is 12.0. The van der Waals surface area contributed by atoms with Gasteiger partial charge in [-0.25, -0.2) is 9.59 Å². The predicted molar refractivity (Wildman–Crippen MR) is 89.9 cm³/mol. The van der Waals surface area contributed by atoms with Gasteiger partial charge in [0.2, 0.25) is 0 Å². The molecule has 0 aromatic carbocycles. The summed E-state index contributed by atoms with van der Waals surface area (Å²) in [6, 6.07) is 3.72. The highest BCUT2D eigenvalue weighted by Gasteiger charge is 2.27. The molecule has 1 aliphatic rings. The third-order valence-corrected chi connectivity index (χ3v) is 4.64. The maximum atomic E-state index is 12.0. The fourth-order valence-corrected chi connectivity index (χ4v) is 3.18. The number of amides is 1. The van der Waals surface area contributed by atoms with Gasteiger partial charge >= 0.3 is 12.1 Å². The van der Waals surface area contributed by atoms with Crippen LogP contribution in [-0.4, -0.2) is 42.3 Å². The number of esters is 1. The molecule has 6 heteroatoms. The summed E-state index contributed by atoms with van der Waals surface area (Å²) < 4.78 is 10.8. The zero-order chi connectivity index (χ0) is 17.0. The first kappa shape index (κ1) is 17.8. The number of rotatable bonds is 3. The van der Waals surface area contributed by atoms with E-state index in [9.17, 15) is 9.59 Å². The van der Waals surface area contributed by atoms with E-state index in [2.05, 4.69) is 0 Å². The smallest absolute Gasteiger partial charge is 0.410 e. The summed E-state index contributed by atoms with van der Waals surface area (Å²) in [5, 5.41) is 0. The van der Waals surface area contributed by atoms with Crippen LogP contribution < -0.4 is 0 Å². The van der Waals surface area contributed by atoms with Crippen molar-refractivity contribution >= 4 is 23.4 Å². The summed E-state index contributed by atoms with van der Waals surface area (Å²) in [6.07, 6.45) is 1.40. The molecule has 1 aromatic rings. The predicted octanol–water partition coefficient (Wildman–Crippen LogP) is 3.86. The van der Waals surface area contributed by atoms with Crippen LogP contribution in [0.5, 0.6) is 0 Å². The first-order chi connectivity index (χ1) is 10.7. The second-order valence-corrected chi connectivity index (χ2v) is 8.21. The molecule has 0 atom stereocenters. The number of hydrogen-bond acceptors (Lipinski definition) is 5. The molecule has 0 spiro atoms. The molecular weight excluding hydrogens is 314 g/mol. The van der Waals surface area contributed by atoms with Crippen LogP contribution in [0.25, 0.3) is 0 Å². The van der Waals surface area contributed by atoms with Gasteiger partial charge in [0, 0.05) is 18.0 Å². The van der Waals surface area contributed by atoms with Gasteiger partial charge in [-0.15, -0.1) is 11.3 Å². The Morgan fingerprint density at radius 3 is 2.43 bits per heavy atom. The van der Waals surface area contributed by atoms with Crippen molar-refractivity contribution < 1.29 is 19.1 Å². The van der Waals surface area contributed by atoms with Gasteiger partial charge in [0.05, 0.1) is 6.61 Å². The molecule has 5 nitrogen and oxygen atoms in total. The Bertz CT molecular complexity index is 553. The molecule has 128 valence electrons. The van der Waals surface area contributed by atoms with Crippen LogP contribution >= 0.6 is 11.3 Å². The van der Waals surface area contributed by atoms with E-state index in [1.807, 2.05) is 33.8 Å². The molecule has 0 radical (unpaired) electrons. The van der Waals surface area contributed by atoms with E-state index >= 15 is 0 Å². The number of aryl methyl sites for hydroxylation is 1. The topological polar surface area (TPSA) is 55.8 Å². The van der Waals surface area contributed by atoms with E-state index < -0.39 is 5.60 Å². The van der Waals surface area contributed by atoms with E-state index in [1.54, 1.807) is 11.0 Å². The van der Waals surface area contributed by atoms with Crippen LogP contribution in [0, 0.1) is 12.8 Å². The van der Waals surface area contributed by atoms with Crippen LogP contribution in [0.4, 0.5) is 4.79 Å². The van der Waals surface area contributed by atoms with E-state index in [1.165, 1.54) is 11.3 Å². The normalized spacial score (nSPS) is 16.3. The van der Waals surface area contributed by atoms with Crippen molar-refractivity contribution in [3.63, 3.8) is 0 Å². The van der Waals surface area contributed by atoms with Gasteiger partial charge in [0.25, 0.3) is 0 Å². The van der Waals surface area contributed by atoms with Crippen molar-refractivity contribution in [2.75, 3.05) is 19.7 Å². The molecule has 0 unspecified atom stereocenters. The molecule has 1 fully saturated rings. The lowest BCUT2D eigenvalue weighted by Gasteiger charge is -2.33. The first-order valence-corrected chi connectivity index (χ1v) is 8.78. The van der Waals surface area contributed by atoms with E-state index in [-0.39, 0.29) is 12.1 Å². The molecule has 0 aliphatic carbocycles. The zero-order valence-corrected chi connectivity index (χ0v) is 15.1. The van der Waals surface area contributed by atoms with Gasteiger partial charge < -0.3 is 14.4 Å². The molecule has 0 saturated carbocycles. The van der Waals surface area contributed by atoms with Crippen LogP contribution in [-0.2, 0) is 9.47 Å². The average Bonchev–Trinajstić information content (AvgIpc) is 2.90. The Balaban J connectivity index is 1.72. The number of hydrogen-bond donors (Lipinski definition) is 0. The minimum absolute atomic E-state index is 0.252. The fraction of sp³-hybridized carbons (Fsp3) is 0.647. The molecule has 1 saturated heterocycles. The van der Waals surface area contributed by atoms with Crippen LogP contribution in [0.1, 0.15) is 48.2 Å². The average molecular weight is 339 g/mol. The minimum Gasteiger partial charge on any atom is -0.461 e. The van der Waals surface area contributed by atoms with Gasteiger partial charge in [0.15, 0.2) is 0 Å². The molecule has 0 bridgehead atoms. The second kappa shape index (κ2) is 7.34. The van der Waals surface area contributed by atoms with Gasteiger partial charge in [-0.2, -0.15) is 0 Å². The first-order valence-electron chi connectivity index (χ1n) is 7.96. The maximum Gasteiger partial charge on any atom is 0.410 e. The molecule has 2 rings (SSSR count). The lowest BCUT2D eigenvalue weighted by atomic mass is 9.98. The third kappa shape index (κ3) is 5.53. The third-order valence-electron chi connectivity index (χ3n) is 3.66. The highest BCUT2D eigenvalue weighted by molar-refractivity contribution is 7.13. The monoisotopic (exact) mass is 339 g/mol. The minimum atomic E-state index is -0.470. The highest BCUT2D eigenvalue weighted by atomic mass is 32.1. The number of ether oxygens (including phenoxy) is 2. The number of likely N-dealkylation sites (tertiary alicyclic amines) is 1. The molecule has 0 N–H and O–H groups in total. The highest BCUT2D eigenvalue weighted by Crippen LogP contribution is 2.21. The second-order valence-electron chi connectivity index (χ2n) is 6.92. The lowest BCUT2D eigenvalue weighted by molar-refractivity contribution is 0.0116. The van der Waals surface area contributed by atoms with Crippen molar-refractivity contribution in [3.05, 3.63) is 21.9 Å². The molecule has 23 heavy (non-hydrogen) atoms. The van der Waals surface area contributed by atoms with Gasteiger partial charge in [-0.3, -0.25) is 0 Å². The van der Waals surface area contributed by atoms with Gasteiger partial charge in [-0.05, 0) is 58.6 Å². The largest absolute Gasteiger partial charge is 0.461 e. The molecule has 1 amide bonds. The summed E-state index contributed by atoms with van der Waals surface area (Å²) in [5.74, 6) is 0.0522. The molecule has 1 aliphatic heterocycles. The van der Waals surface area contributed by atoms with E-state index in [0.29, 0.717) is 30.5 Å². The number of nitrogens with zero attached hydrogens (tertiary/aromatic N) is 1. The van der Waals surface area contributed by atoms with Gasteiger partial charge in [0.1, 0.15) is 10.5 Å². The molecular formula is C17H25NO4S. The Kier molecular flexibility index (Phi) is 5.68. The van der Waals surface area contributed by atoms with Crippen molar-refractivity contribution in [3.8, 4) is 0 Å². The standard InChI is InChI=1S/C17H25NO4S/c1-12-5-6-14(23-12)15(19)21-11-13-7-9-18(10-8-13)16(20)22-17(2,3)4/h5-6,13H,7-11H2,1-4H3. The summed E-state index contributed by atoms with van der Waals surface area (Å²) in [5.41, 5.74) is -0.470. The fourth-order valence-electron chi connectivity index (χ4n) is 2.42. The summed E-state index contributed by atoms with van der Waals surface area (Å²) >= 11 is 1.45. The number of carbonyl (C=O) groups excluding carboxylic acids is 2. The van der Waals surface area contributed by atoms with Crippen molar-refractivity contribution in [2.24, 2.45) is 5.92 Å². The number of carbonyl (C=O) groups is 2. The van der Waals surface area contributed by atoms with Crippen molar-refractivity contribution in [1.82, 2.24) is 4.90 Å². The van der Waals surface area contributed by atoms with Crippen LogP contribution in [0.3, 0.4) is 0 Å². The van der Waals surface area contributed by atoms with Gasteiger partial charge in [-0.1, -0.05) is 0 Å². The van der Waals surface area contributed by atoms with Crippen LogP contribution in [0.2, 0.25) is 0 Å². The quantitative estimate of drug-likeness (QED) is 0.785. The molecule has 1 aromatic heterocycles. The molecule has 2 heterocycles. The summed E-state index contributed by atoms with van der Waals surface area (Å²) in [4.78, 5) is 27.4. The van der Waals surface area contributed by atoms with Crippen molar-refractivity contribution in [2.45, 2.75) is 46.1 Å². The summed E-state index contributed by atoms with van der Waals surface area (Å²) in [6.45, 7) is 9.27. The SMILES string of the molecule is Cc1ccc(C(=O)OCC2CCN(C(=O)OC(C)(C)C)CC2)s1. The number of piperidine rings is 1.